The molecule has 1 aromatic carbocycles. The summed E-state index contributed by atoms with van der Waals surface area (Å²) in [5, 5.41) is 4.19. The third kappa shape index (κ3) is 6.60. The van der Waals surface area contributed by atoms with Crippen LogP contribution in [0.5, 0.6) is 0 Å². The molecule has 0 fully saturated rings. The van der Waals surface area contributed by atoms with Gasteiger partial charge in [-0.15, -0.1) is 0 Å². The average Bonchev–Trinajstić information content (AvgIpc) is 2.34. The Morgan fingerprint density at radius 1 is 1.25 bits per heavy atom. The number of carbonyl (C=O) groups excluding carboxylic acids is 1. The zero-order valence-corrected chi connectivity index (χ0v) is 10.8. The van der Waals surface area contributed by atoms with Crippen molar-refractivity contribution in [1.29, 1.82) is 0 Å². The minimum absolute atomic E-state index is 0.214. The highest BCUT2D eigenvalue weighted by Gasteiger charge is 2.27. The van der Waals surface area contributed by atoms with E-state index in [1.807, 2.05) is 0 Å². The van der Waals surface area contributed by atoms with E-state index in [2.05, 4.69) is 5.32 Å². The number of hydrogen-bond donors (Lipinski definition) is 2. The molecule has 1 amide bonds. The van der Waals surface area contributed by atoms with Crippen molar-refractivity contribution in [3.05, 3.63) is 24.3 Å². The molecule has 1 aromatic rings. The van der Waals surface area contributed by atoms with Crippen molar-refractivity contribution in [2.45, 2.75) is 16.8 Å². The maximum Gasteiger partial charge on any atom is 0.405 e. The molecule has 20 heavy (non-hydrogen) atoms. The van der Waals surface area contributed by atoms with Crippen LogP contribution in [-0.2, 0) is 4.79 Å². The molecule has 3 nitrogen and oxygen atoms in total. The Balaban J connectivity index is 2.51. The summed E-state index contributed by atoms with van der Waals surface area (Å²) >= 11 is 0.287. The van der Waals surface area contributed by atoms with E-state index in [-0.39, 0.29) is 22.3 Å². The zero-order chi connectivity index (χ0) is 15.2. The summed E-state index contributed by atoms with van der Waals surface area (Å²) in [6, 6.07) is 5.99. The second kappa shape index (κ2) is 7.32. The molecule has 0 aliphatic heterocycles. The summed E-state index contributed by atoms with van der Waals surface area (Å²) in [4.78, 5) is 11.4. The lowest BCUT2D eigenvalue weighted by Gasteiger charge is -2.12. The average molecular weight is 314 g/mol. The van der Waals surface area contributed by atoms with Gasteiger partial charge in [-0.1, -0.05) is 23.9 Å². The van der Waals surface area contributed by atoms with Crippen LogP contribution in [0, 0.1) is 0 Å². The zero-order valence-electron chi connectivity index (χ0n) is 10.0. The SMILES string of the molecule is O=C(CNc1ccccc1SC(F)F)NCC(F)(F)F. The number of carbonyl (C=O) groups is 1. The summed E-state index contributed by atoms with van der Waals surface area (Å²) in [5.41, 5.74) is 0.264. The second-order valence-corrected chi connectivity index (χ2v) is 4.65. The molecule has 0 heterocycles. The maximum absolute atomic E-state index is 12.3. The topological polar surface area (TPSA) is 41.1 Å². The van der Waals surface area contributed by atoms with Crippen LogP contribution in [0.15, 0.2) is 29.2 Å². The van der Waals surface area contributed by atoms with Gasteiger partial charge in [0.15, 0.2) is 0 Å². The van der Waals surface area contributed by atoms with Crippen molar-refractivity contribution in [1.82, 2.24) is 5.32 Å². The predicted octanol–water partition coefficient (Wildman–Crippen LogP) is 3.09. The fourth-order valence-electron chi connectivity index (χ4n) is 1.25. The molecule has 0 unspecified atom stereocenters. The van der Waals surface area contributed by atoms with Crippen LogP contribution < -0.4 is 10.6 Å². The molecule has 0 saturated carbocycles. The lowest BCUT2D eigenvalue weighted by Crippen LogP contribution is -2.37. The molecule has 112 valence electrons. The molecule has 0 aliphatic rings. The minimum atomic E-state index is -4.49. The number of halogens is 5. The minimum Gasteiger partial charge on any atom is -0.375 e. The van der Waals surface area contributed by atoms with Crippen LogP contribution in [0.25, 0.3) is 0 Å². The van der Waals surface area contributed by atoms with Crippen LogP contribution in [0.4, 0.5) is 27.6 Å². The molecule has 0 spiro atoms. The first-order valence-corrected chi connectivity index (χ1v) is 6.27. The first-order chi connectivity index (χ1) is 9.28. The Morgan fingerprint density at radius 3 is 2.50 bits per heavy atom. The van der Waals surface area contributed by atoms with Crippen LogP contribution in [0.1, 0.15) is 0 Å². The van der Waals surface area contributed by atoms with Gasteiger partial charge in [0.05, 0.1) is 6.54 Å². The molecule has 0 saturated heterocycles. The Hall–Kier alpha value is -1.51. The Labute approximate surface area is 115 Å². The van der Waals surface area contributed by atoms with Gasteiger partial charge in [0.25, 0.3) is 5.76 Å². The third-order valence-corrected chi connectivity index (χ3v) is 2.82. The summed E-state index contributed by atoms with van der Waals surface area (Å²) < 4.78 is 60.2. The molecule has 0 aromatic heterocycles. The van der Waals surface area contributed by atoms with Crippen LogP contribution in [-0.4, -0.2) is 30.9 Å². The Bertz CT molecular complexity index is 453. The summed E-state index contributed by atoms with van der Waals surface area (Å²) in [6.07, 6.45) is -4.49. The van der Waals surface area contributed by atoms with E-state index in [0.29, 0.717) is 0 Å². The van der Waals surface area contributed by atoms with Crippen molar-refractivity contribution in [3.63, 3.8) is 0 Å². The molecular formula is C11H11F5N2OS. The van der Waals surface area contributed by atoms with E-state index in [1.165, 1.54) is 12.1 Å². The molecule has 0 bridgehead atoms. The number of hydrogen-bond acceptors (Lipinski definition) is 3. The van der Waals surface area contributed by atoms with Gasteiger partial charge in [-0.3, -0.25) is 4.79 Å². The number of benzene rings is 1. The molecule has 2 N–H and O–H groups in total. The van der Waals surface area contributed by atoms with Gasteiger partial charge in [0, 0.05) is 10.6 Å². The summed E-state index contributed by atoms with van der Waals surface area (Å²) in [5.74, 6) is -3.50. The highest BCUT2D eigenvalue weighted by atomic mass is 32.2. The van der Waals surface area contributed by atoms with E-state index in [9.17, 15) is 26.7 Å². The number of rotatable bonds is 6. The first kappa shape index (κ1) is 16.5. The van der Waals surface area contributed by atoms with E-state index in [4.69, 9.17) is 0 Å². The van der Waals surface area contributed by atoms with Crippen LogP contribution in [0.2, 0.25) is 0 Å². The number of para-hydroxylation sites is 1. The number of amides is 1. The molecule has 0 aliphatic carbocycles. The molecule has 9 heteroatoms. The van der Waals surface area contributed by atoms with Gasteiger partial charge in [-0.05, 0) is 12.1 Å². The van der Waals surface area contributed by atoms with Crippen LogP contribution in [0.3, 0.4) is 0 Å². The molecule has 1 rings (SSSR count). The van der Waals surface area contributed by atoms with Crippen molar-refractivity contribution in [2.24, 2.45) is 0 Å². The fraction of sp³-hybridized carbons (Fsp3) is 0.364. The van der Waals surface area contributed by atoms with Crippen molar-refractivity contribution in [3.8, 4) is 0 Å². The Kier molecular flexibility index (Phi) is 6.05. The van der Waals surface area contributed by atoms with Crippen molar-refractivity contribution < 1.29 is 26.7 Å². The quantitative estimate of drug-likeness (QED) is 0.626. The van der Waals surface area contributed by atoms with E-state index < -0.39 is 30.9 Å². The molecule has 0 radical (unpaired) electrons. The fourth-order valence-corrected chi connectivity index (χ4v) is 1.86. The van der Waals surface area contributed by atoms with Crippen molar-refractivity contribution >= 4 is 23.4 Å². The van der Waals surface area contributed by atoms with Gasteiger partial charge < -0.3 is 10.6 Å². The van der Waals surface area contributed by atoms with E-state index in [1.54, 1.807) is 17.4 Å². The summed E-state index contributed by atoms with van der Waals surface area (Å²) in [7, 11) is 0. The number of thioether (sulfide) groups is 1. The normalized spacial score (nSPS) is 11.5. The lowest BCUT2D eigenvalue weighted by atomic mass is 10.3. The number of nitrogens with one attached hydrogen (secondary N) is 2. The van der Waals surface area contributed by atoms with Gasteiger partial charge in [0.1, 0.15) is 6.54 Å². The molecule has 0 atom stereocenters. The maximum atomic E-state index is 12.3. The Morgan fingerprint density at radius 2 is 1.90 bits per heavy atom. The van der Waals surface area contributed by atoms with Gasteiger partial charge >= 0.3 is 6.18 Å². The largest absolute Gasteiger partial charge is 0.405 e. The third-order valence-electron chi connectivity index (χ3n) is 2.03. The van der Waals surface area contributed by atoms with Gasteiger partial charge in [0.2, 0.25) is 5.91 Å². The van der Waals surface area contributed by atoms with Crippen LogP contribution >= 0.6 is 11.8 Å². The second-order valence-electron chi connectivity index (χ2n) is 3.62. The monoisotopic (exact) mass is 314 g/mol. The smallest absolute Gasteiger partial charge is 0.375 e. The number of anilines is 1. The van der Waals surface area contributed by atoms with Gasteiger partial charge in [-0.25, -0.2) is 0 Å². The molecular weight excluding hydrogens is 303 g/mol. The highest BCUT2D eigenvalue weighted by molar-refractivity contribution is 7.99. The van der Waals surface area contributed by atoms with E-state index >= 15 is 0 Å². The summed E-state index contributed by atoms with van der Waals surface area (Å²) in [6.45, 7) is -1.86. The predicted molar refractivity (Wildman–Crippen MR) is 65.9 cm³/mol. The highest BCUT2D eigenvalue weighted by Crippen LogP contribution is 2.31. The lowest BCUT2D eigenvalue weighted by molar-refractivity contribution is -0.137. The first-order valence-electron chi connectivity index (χ1n) is 5.39. The standard InChI is InChI=1S/C11H11F5N2OS/c12-10(13)20-8-4-2-1-3-7(8)17-5-9(19)18-6-11(14,15)16/h1-4,10,17H,5-6H2,(H,18,19). The van der Waals surface area contributed by atoms with E-state index in [0.717, 1.165) is 0 Å². The number of alkyl halides is 5. The van der Waals surface area contributed by atoms with Crippen molar-refractivity contribution in [2.75, 3.05) is 18.4 Å². The van der Waals surface area contributed by atoms with Gasteiger partial charge in [-0.2, -0.15) is 22.0 Å².